The largest absolute Gasteiger partial charge is 0.320 e. The predicted octanol–water partition coefficient (Wildman–Crippen LogP) is 1.56. The van der Waals surface area contributed by atoms with E-state index in [1.807, 2.05) is 0 Å². The molecular weight excluding hydrogens is 303 g/mol. The zero-order valence-electron chi connectivity index (χ0n) is 9.53. The van der Waals surface area contributed by atoms with Crippen molar-refractivity contribution in [1.82, 2.24) is 4.90 Å². The zero-order chi connectivity index (χ0) is 13.3. The van der Waals surface area contributed by atoms with E-state index < -0.39 is 17.8 Å². The molecule has 6 heteroatoms. The highest BCUT2D eigenvalue weighted by Crippen LogP contribution is 2.19. The van der Waals surface area contributed by atoms with E-state index in [1.165, 1.54) is 12.1 Å². The number of carbonyl (C=O) groups is 2. The van der Waals surface area contributed by atoms with Gasteiger partial charge in [0.2, 0.25) is 11.8 Å². The van der Waals surface area contributed by atoms with E-state index in [0.717, 1.165) is 4.90 Å². The highest BCUT2D eigenvalue weighted by Gasteiger charge is 2.31. The molecule has 0 bridgehead atoms. The number of nitrogens with two attached hydrogens (primary N) is 1. The van der Waals surface area contributed by atoms with Crippen molar-refractivity contribution in [1.29, 1.82) is 0 Å². The number of carbonyl (C=O) groups excluding carboxylic acids is 2. The van der Waals surface area contributed by atoms with E-state index in [1.54, 1.807) is 6.07 Å². The van der Waals surface area contributed by atoms with Gasteiger partial charge in [-0.25, -0.2) is 4.39 Å². The minimum atomic E-state index is -0.639. The topological polar surface area (TPSA) is 63.4 Å². The first-order valence-electron chi connectivity index (χ1n) is 5.52. The van der Waals surface area contributed by atoms with Crippen molar-refractivity contribution in [2.24, 2.45) is 5.73 Å². The van der Waals surface area contributed by atoms with Gasteiger partial charge in [0.15, 0.2) is 0 Å². The molecule has 1 aliphatic rings. The summed E-state index contributed by atoms with van der Waals surface area (Å²) in [5.74, 6) is -1.07. The number of rotatable bonds is 2. The molecule has 0 radical (unpaired) electrons. The third kappa shape index (κ3) is 2.76. The number of piperidine rings is 1. The van der Waals surface area contributed by atoms with Crippen molar-refractivity contribution >= 4 is 27.7 Å². The molecular formula is C12H12BrFN2O2. The lowest BCUT2D eigenvalue weighted by molar-refractivity contribution is -0.149. The average Bonchev–Trinajstić information content (AvgIpc) is 2.28. The molecule has 0 spiro atoms. The third-order valence-corrected chi connectivity index (χ3v) is 3.27. The maximum atomic E-state index is 13.2. The number of amides is 2. The zero-order valence-corrected chi connectivity index (χ0v) is 11.1. The lowest BCUT2D eigenvalue weighted by Crippen LogP contribution is -2.50. The number of hydrogen-bond acceptors (Lipinski definition) is 3. The van der Waals surface area contributed by atoms with Gasteiger partial charge in [-0.15, -0.1) is 0 Å². The Morgan fingerprint density at radius 2 is 2.11 bits per heavy atom. The van der Waals surface area contributed by atoms with E-state index in [0.29, 0.717) is 16.5 Å². The number of hydrogen-bond donors (Lipinski definition) is 1. The highest BCUT2D eigenvalue weighted by molar-refractivity contribution is 9.10. The molecule has 4 nitrogen and oxygen atoms in total. The molecule has 1 fully saturated rings. The molecule has 0 saturated carbocycles. The molecule has 1 saturated heterocycles. The summed E-state index contributed by atoms with van der Waals surface area (Å²) < 4.78 is 13.8. The van der Waals surface area contributed by atoms with Crippen LogP contribution in [0.1, 0.15) is 18.4 Å². The van der Waals surface area contributed by atoms with Crippen LogP contribution in [-0.2, 0) is 16.1 Å². The Morgan fingerprint density at radius 1 is 1.39 bits per heavy atom. The Bertz CT molecular complexity index is 487. The second-order valence-corrected chi connectivity index (χ2v) is 5.16. The number of imide groups is 1. The minimum Gasteiger partial charge on any atom is -0.320 e. The van der Waals surface area contributed by atoms with Gasteiger partial charge in [0.25, 0.3) is 0 Å². The second kappa shape index (κ2) is 5.16. The molecule has 18 heavy (non-hydrogen) atoms. The monoisotopic (exact) mass is 314 g/mol. The van der Waals surface area contributed by atoms with Crippen molar-refractivity contribution in [3.8, 4) is 0 Å². The summed E-state index contributed by atoms with van der Waals surface area (Å²) in [4.78, 5) is 24.5. The van der Waals surface area contributed by atoms with Crippen molar-refractivity contribution < 1.29 is 14.0 Å². The van der Waals surface area contributed by atoms with Crippen LogP contribution in [0.15, 0.2) is 22.7 Å². The Hall–Kier alpha value is -1.27. The summed E-state index contributed by atoms with van der Waals surface area (Å²) in [6.45, 7) is 0.0573. The second-order valence-electron chi connectivity index (χ2n) is 4.24. The van der Waals surface area contributed by atoms with Crippen LogP contribution in [0.3, 0.4) is 0 Å². The van der Waals surface area contributed by atoms with Gasteiger partial charge in [0.05, 0.1) is 12.6 Å². The lowest BCUT2D eigenvalue weighted by atomic mass is 10.0. The smallest absolute Gasteiger partial charge is 0.246 e. The molecule has 1 atom stereocenters. The first-order chi connectivity index (χ1) is 8.47. The van der Waals surface area contributed by atoms with Crippen molar-refractivity contribution in [3.05, 3.63) is 34.1 Å². The van der Waals surface area contributed by atoms with Crippen LogP contribution in [-0.4, -0.2) is 22.8 Å². The summed E-state index contributed by atoms with van der Waals surface area (Å²) in [7, 11) is 0. The molecule has 96 valence electrons. The minimum absolute atomic E-state index is 0.0573. The van der Waals surface area contributed by atoms with E-state index in [2.05, 4.69) is 15.9 Å². The van der Waals surface area contributed by atoms with Crippen LogP contribution in [0.4, 0.5) is 4.39 Å². The van der Waals surface area contributed by atoms with Gasteiger partial charge in [-0.2, -0.15) is 0 Å². The van der Waals surface area contributed by atoms with Crippen LogP contribution in [0.25, 0.3) is 0 Å². The standard InChI is InChI=1S/C12H12BrFN2O2/c13-8-3-7(4-9(14)5-8)6-16-11(17)2-1-10(15)12(16)18/h3-5,10H,1-2,6,15H2. The molecule has 1 aromatic rings. The molecule has 0 aromatic heterocycles. The van der Waals surface area contributed by atoms with Gasteiger partial charge in [-0.1, -0.05) is 15.9 Å². The number of nitrogens with zero attached hydrogens (tertiary/aromatic N) is 1. The highest BCUT2D eigenvalue weighted by atomic mass is 79.9. The van der Waals surface area contributed by atoms with Gasteiger partial charge in [-0.05, 0) is 30.2 Å². The van der Waals surface area contributed by atoms with Crippen LogP contribution < -0.4 is 5.73 Å². The van der Waals surface area contributed by atoms with Gasteiger partial charge >= 0.3 is 0 Å². The first kappa shape index (κ1) is 13.2. The fourth-order valence-corrected chi connectivity index (χ4v) is 2.42. The molecule has 1 aliphatic heterocycles. The summed E-state index contributed by atoms with van der Waals surface area (Å²) in [6, 6.07) is 3.64. The molecule has 1 aromatic carbocycles. The van der Waals surface area contributed by atoms with Gasteiger partial charge in [0, 0.05) is 10.9 Å². The fraction of sp³-hybridized carbons (Fsp3) is 0.333. The summed E-state index contributed by atoms with van der Waals surface area (Å²) in [5, 5.41) is 0. The maximum absolute atomic E-state index is 13.2. The fourth-order valence-electron chi connectivity index (χ4n) is 1.91. The van der Waals surface area contributed by atoms with Crippen LogP contribution >= 0.6 is 15.9 Å². The van der Waals surface area contributed by atoms with Crippen LogP contribution in [0.2, 0.25) is 0 Å². The maximum Gasteiger partial charge on any atom is 0.246 e. The Balaban J connectivity index is 2.21. The van der Waals surface area contributed by atoms with Crippen molar-refractivity contribution in [2.75, 3.05) is 0 Å². The predicted molar refractivity (Wildman–Crippen MR) is 66.9 cm³/mol. The van der Waals surface area contributed by atoms with Crippen molar-refractivity contribution in [2.45, 2.75) is 25.4 Å². The van der Waals surface area contributed by atoms with E-state index in [-0.39, 0.29) is 18.9 Å². The number of likely N-dealkylation sites (tertiary alicyclic amines) is 1. The number of benzene rings is 1. The average molecular weight is 315 g/mol. The van der Waals surface area contributed by atoms with Crippen LogP contribution in [0, 0.1) is 5.82 Å². The first-order valence-corrected chi connectivity index (χ1v) is 6.31. The van der Waals surface area contributed by atoms with E-state index in [4.69, 9.17) is 5.73 Å². The van der Waals surface area contributed by atoms with E-state index >= 15 is 0 Å². The van der Waals surface area contributed by atoms with Gasteiger partial charge in [-0.3, -0.25) is 14.5 Å². The third-order valence-electron chi connectivity index (χ3n) is 2.82. The van der Waals surface area contributed by atoms with Crippen LogP contribution in [0.5, 0.6) is 0 Å². The lowest BCUT2D eigenvalue weighted by Gasteiger charge is -2.28. The Labute approximate surface area is 112 Å². The molecule has 0 aliphatic carbocycles. The Morgan fingerprint density at radius 3 is 2.78 bits per heavy atom. The summed E-state index contributed by atoms with van der Waals surface area (Å²) in [5.41, 5.74) is 6.17. The quantitative estimate of drug-likeness (QED) is 0.843. The van der Waals surface area contributed by atoms with Gasteiger partial charge in [0.1, 0.15) is 5.82 Å². The van der Waals surface area contributed by atoms with Crippen molar-refractivity contribution in [3.63, 3.8) is 0 Å². The molecule has 1 heterocycles. The number of halogens is 2. The Kier molecular flexibility index (Phi) is 3.77. The molecule has 2 amide bonds. The summed E-state index contributed by atoms with van der Waals surface area (Å²) >= 11 is 3.17. The van der Waals surface area contributed by atoms with Gasteiger partial charge < -0.3 is 5.73 Å². The molecule has 1 unspecified atom stereocenters. The van der Waals surface area contributed by atoms with E-state index in [9.17, 15) is 14.0 Å². The molecule has 2 N–H and O–H groups in total. The normalized spacial score (nSPS) is 20.4. The SMILES string of the molecule is NC1CCC(=O)N(Cc2cc(F)cc(Br)c2)C1=O. The molecule has 2 rings (SSSR count). The summed E-state index contributed by atoms with van der Waals surface area (Å²) in [6.07, 6.45) is 0.629.